The molecule has 2 aliphatic heterocycles. The number of piperazine rings is 1. The Morgan fingerprint density at radius 1 is 1.23 bits per heavy atom. The lowest BCUT2D eigenvalue weighted by Gasteiger charge is -2.27. The van der Waals surface area contributed by atoms with E-state index in [1.54, 1.807) is 12.5 Å². The summed E-state index contributed by atoms with van der Waals surface area (Å²) in [5.74, 6) is 0. The van der Waals surface area contributed by atoms with Crippen molar-refractivity contribution in [2.45, 2.75) is 12.7 Å². The normalized spacial score (nSPS) is 24.3. The molecule has 1 saturated heterocycles. The van der Waals surface area contributed by atoms with E-state index in [1.165, 1.54) is 0 Å². The molecule has 4 nitrogen and oxygen atoms in total. The van der Waals surface area contributed by atoms with E-state index in [4.69, 9.17) is 9.47 Å². The van der Waals surface area contributed by atoms with E-state index in [0.717, 1.165) is 39.1 Å². The highest BCUT2D eigenvalue weighted by molar-refractivity contribution is 4.73. The maximum Gasteiger partial charge on any atom is 0.240 e. The lowest BCUT2D eigenvalue weighted by Crippen LogP contribution is -2.44. The molecule has 1 fully saturated rings. The monoisotopic (exact) mass is 184 g/mol. The fraction of sp³-hybridized carbons (Fsp3) is 0.778. The van der Waals surface area contributed by atoms with Gasteiger partial charge in [0.25, 0.3) is 0 Å². The molecule has 4 heteroatoms. The quantitative estimate of drug-likeness (QED) is 0.676. The van der Waals surface area contributed by atoms with Crippen molar-refractivity contribution < 1.29 is 9.47 Å². The molecule has 2 rings (SSSR count). The van der Waals surface area contributed by atoms with E-state index in [0.29, 0.717) is 0 Å². The second kappa shape index (κ2) is 4.48. The zero-order valence-corrected chi connectivity index (χ0v) is 7.74. The van der Waals surface area contributed by atoms with Gasteiger partial charge in [0.2, 0.25) is 6.29 Å². The van der Waals surface area contributed by atoms with Crippen LogP contribution in [0.15, 0.2) is 12.5 Å². The number of nitrogens with zero attached hydrogens (tertiary/aromatic N) is 1. The predicted octanol–water partition coefficient (Wildman–Crippen LogP) is 0.126. The van der Waals surface area contributed by atoms with Gasteiger partial charge < -0.3 is 19.7 Å². The maximum absolute atomic E-state index is 5.20. The summed E-state index contributed by atoms with van der Waals surface area (Å²) in [6.07, 6.45) is 4.13. The first-order valence-electron chi connectivity index (χ1n) is 4.84. The molecule has 2 aliphatic rings. The maximum atomic E-state index is 5.20. The third kappa shape index (κ3) is 2.60. The van der Waals surface area contributed by atoms with Crippen LogP contribution in [-0.2, 0) is 9.47 Å². The van der Waals surface area contributed by atoms with E-state index in [9.17, 15) is 0 Å². The Bertz CT molecular complexity index is 170. The topological polar surface area (TPSA) is 33.7 Å². The highest BCUT2D eigenvalue weighted by atomic mass is 16.7. The highest BCUT2D eigenvalue weighted by Crippen LogP contribution is 2.09. The number of ether oxygens (including phenoxy) is 2. The van der Waals surface area contributed by atoms with Gasteiger partial charge in [-0.15, -0.1) is 0 Å². The molecular formula is C9H16N2O2. The Kier molecular flexibility index (Phi) is 3.05. The molecule has 2 heterocycles. The summed E-state index contributed by atoms with van der Waals surface area (Å²) in [6.45, 7) is 5.55. The van der Waals surface area contributed by atoms with Gasteiger partial charge in [0.1, 0.15) is 12.5 Å². The Hall–Kier alpha value is -0.740. The number of nitrogens with one attached hydrogen (secondary N) is 1. The molecule has 0 atom stereocenters. The minimum Gasteiger partial charge on any atom is -0.459 e. The van der Waals surface area contributed by atoms with Crippen LogP contribution in [0.4, 0.5) is 0 Å². The van der Waals surface area contributed by atoms with Gasteiger partial charge in [0, 0.05) is 39.1 Å². The van der Waals surface area contributed by atoms with Crippen molar-refractivity contribution >= 4 is 0 Å². The van der Waals surface area contributed by atoms with Gasteiger partial charge in [-0.25, -0.2) is 0 Å². The third-order valence-electron chi connectivity index (χ3n) is 2.41. The molecule has 13 heavy (non-hydrogen) atoms. The summed E-state index contributed by atoms with van der Waals surface area (Å²) in [7, 11) is 0. The number of rotatable bonds is 3. The number of hydrogen-bond acceptors (Lipinski definition) is 4. The van der Waals surface area contributed by atoms with Crippen LogP contribution < -0.4 is 5.32 Å². The van der Waals surface area contributed by atoms with Crippen molar-refractivity contribution in [2.75, 3.05) is 32.7 Å². The average Bonchev–Trinajstić information content (AvgIpc) is 2.69. The van der Waals surface area contributed by atoms with E-state index >= 15 is 0 Å². The van der Waals surface area contributed by atoms with Crippen molar-refractivity contribution in [3.8, 4) is 0 Å². The molecule has 0 saturated carbocycles. The zero-order valence-electron chi connectivity index (χ0n) is 7.74. The second-order valence-corrected chi connectivity index (χ2v) is 3.35. The lowest BCUT2D eigenvalue weighted by molar-refractivity contribution is -0.0341. The van der Waals surface area contributed by atoms with Gasteiger partial charge in [-0.3, -0.25) is 0 Å². The van der Waals surface area contributed by atoms with E-state index in [-0.39, 0.29) is 6.29 Å². The van der Waals surface area contributed by atoms with Crippen LogP contribution in [0.1, 0.15) is 6.42 Å². The zero-order chi connectivity index (χ0) is 8.93. The average molecular weight is 184 g/mol. The van der Waals surface area contributed by atoms with Crippen LogP contribution in [0.3, 0.4) is 0 Å². The molecule has 0 unspecified atom stereocenters. The van der Waals surface area contributed by atoms with Crippen LogP contribution in [-0.4, -0.2) is 43.9 Å². The van der Waals surface area contributed by atoms with Crippen LogP contribution in [0.2, 0.25) is 0 Å². The summed E-state index contributed by atoms with van der Waals surface area (Å²) >= 11 is 0. The van der Waals surface area contributed by atoms with Crippen molar-refractivity contribution in [1.29, 1.82) is 0 Å². The van der Waals surface area contributed by atoms with Crippen LogP contribution in [0.5, 0.6) is 0 Å². The summed E-state index contributed by atoms with van der Waals surface area (Å²) in [5, 5.41) is 3.33. The van der Waals surface area contributed by atoms with Crippen molar-refractivity contribution in [2.24, 2.45) is 0 Å². The molecule has 0 radical (unpaired) electrons. The van der Waals surface area contributed by atoms with Gasteiger partial charge in [-0.05, 0) is 0 Å². The summed E-state index contributed by atoms with van der Waals surface area (Å²) < 4.78 is 10.4. The van der Waals surface area contributed by atoms with Gasteiger partial charge >= 0.3 is 0 Å². The first-order chi connectivity index (χ1) is 6.45. The molecule has 0 bridgehead atoms. The van der Waals surface area contributed by atoms with Crippen LogP contribution >= 0.6 is 0 Å². The number of hydrogen-bond donors (Lipinski definition) is 1. The first-order valence-corrected chi connectivity index (χ1v) is 4.84. The lowest BCUT2D eigenvalue weighted by atomic mass is 10.3. The van der Waals surface area contributed by atoms with E-state index in [2.05, 4.69) is 10.2 Å². The molecule has 0 aromatic carbocycles. The van der Waals surface area contributed by atoms with E-state index < -0.39 is 0 Å². The Morgan fingerprint density at radius 3 is 2.62 bits per heavy atom. The minimum absolute atomic E-state index is 0.0464. The molecule has 0 aromatic rings. The van der Waals surface area contributed by atoms with Gasteiger partial charge in [-0.1, -0.05) is 0 Å². The van der Waals surface area contributed by atoms with Gasteiger partial charge in [0.15, 0.2) is 0 Å². The van der Waals surface area contributed by atoms with Crippen molar-refractivity contribution in [3.05, 3.63) is 12.5 Å². The largest absolute Gasteiger partial charge is 0.459 e. The third-order valence-corrected chi connectivity index (χ3v) is 2.41. The first kappa shape index (κ1) is 8.84. The highest BCUT2D eigenvalue weighted by Gasteiger charge is 2.15. The van der Waals surface area contributed by atoms with Crippen LogP contribution in [0.25, 0.3) is 0 Å². The molecule has 1 N–H and O–H groups in total. The second-order valence-electron chi connectivity index (χ2n) is 3.35. The molecule has 0 aromatic heterocycles. The van der Waals surface area contributed by atoms with Gasteiger partial charge in [0.05, 0.1) is 0 Å². The van der Waals surface area contributed by atoms with Crippen LogP contribution in [0, 0.1) is 0 Å². The fourth-order valence-corrected chi connectivity index (χ4v) is 1.63. The standard InChI is InChI=1S/C9H16N2O2/c1(9-12-7-8-13-9)4-11-5-2-10-3-6-11/h7-10H,1-6H2. The minimum atomic E-state index is -0.0464. The summed E-state index contributed by atoms with van der Waals surface area (Å²) in [5.41, 5.74) is 0. The SMILES string of the molecule is C1=COC(CCN2CCNCC2)O1. The molecule has 74 valence electrons. The molecule has 0 aliphatic carbocycles. The van der Waals surface area contributed by atoms with Crippen molar-refractivity contribution in [1.82, 2.24) is 10.2 Å². The fourth-order valence-electron chi connectivity index (χ4n) is 1.63. The smallest absolute Gasteiger partial charge is 0.240 e. The molecule has 0 spiro atoms. The molecule has 0 amide bonds. The predicted molar refractivity (Wildman–Crippen MR) is 49.0 cm³/mol. The Morgan fingerprint density at radius 2 is 1.92 bits per heavy atom. The van der Waals surface area contributed by atoms with Crippen molar-refractivity contribution in [3.63, 3.8) is 0 Å². The Balaban J connectivity index is 1.61. The summed E-state index contributed by atoms with van der Waals surface area (Å²) in [4.78, 5) is 2.43. The summed E-state index contributed by atoms with van der Waals surface area (Å²) in [6, 6.07) is 0. The van der Waals surface area contributed by atoms with Gasteiger partial charge in [-0.2, -0.15) is 0 Å². The Labute approximate surface area is 78.5 Å². The molecular weight excluding hydrogens is 168 g/mol. The van der Waals surface area contributed by atoms with E-state index in [1.807, 2.05) is 0 Å².